The Balaban J connectivity index is 1.56. The summed E-state index contributed by atoms with van der Waals surface area (Å²) in [5.74, 6) is 0.687. The second-order valence-electron chi connectivity index (χ2n) is 5.70. The van der Waals surface area contributed by atoms with Crippen molar-refractivity contribution in [3.8, 4) is 5.75 Å². The zero-order valence-electron chi connectivity index (χ0n) is 13.4. The molecule has 4 rings (SSSR count). The third kappa shape index (κ3) is 3.47. The van der Waals surface area contributed by atoms with Gasteiger partial charge in [0.1, 0.15) is 18.2 Å². The molecule has 7 heteroatoms. The lowest BCUT2D eigenvalue weighted by atomic mass is 10.1. The molecule has 2 aromatic carbocycles. The number of aromatic nitrogens is 1. The minimum absolute atomic E-state index is 0.240. The minimum atomic E-state index is -0.240. The van der Waals surface area contributed by atoms with Gasteiger partial charge in [-0.25, -0.2) is 0 Å². The van der Waals surface area contributed by atoms with Crippen LogP contribution in [-0.4, -0.2) is 17.7 Å². The smallest absolute Gasteiger partial charge is 0.159 e. The van der Waals surface area contributed by atoms with Gasteiger partial charge in [0, 0.05) is 26.6 Å². The lowest BCUT2D eigenvalue weighted by Crippen LogP contribution is -2.19. The van der Waals surface area contributed by atoms with E-state index in [0.29, 0.717) is 17.4 Å². The van der Waals surface area contributed by atoms with Crippen LogP contribution in [-0.2, 0) is 4.84 Å². The number of rotatable bonds is 4. The number of fused-ring (bicyclic) bond motifs is 1. The van der Waals surface area contributed by atoms with Crippen LogP contribution in [0.3, 0.4) is 0 Å². The zero-order chi connectivity index (χ0) is 18.1. The Bertz CT molecular complexity index is 1010. The summed E-state index contributed by atoms with van der Waals surface area (Å²) < 4.78 is 7.82. The highest BCUT2D eigenvalue weighted by molar-refractivity contribution is 9.11. The molecule has 1 N–H and O–H groups in total. The summed E-state index contributed by atoms with van der Waals surface area (Å²) in [6.07, 6.45) is 3.47. The Morgan fingerprint density at radius 3 is 2.85 bits per heavy atom. The van der Waals surface area contributed by atoms with E-state index in [9.17, 15) is 0 Å². The van der Waals surface area contributed by atoms with Gasteiger partial charge in [0.25, 0.3) is 0 Å². The van der Waals surface area contributed by atoms with E-state index >= 15 is 0 Å². The fraction of sp³-hybridized carbons (Fsp3) is 0.105. The van der Waals surface area contributed by atoms with Crippen molar-refractivity contribution in [1.29, 1.82) is 0 Å². The van der Waals surface area contributed by atoms with Crippen LogP contribution in [0.2, 0.25) is 5.02 Å². The average Bonchev–Trinajstić information content (AvgIpc) is 3.11. The van der Waals surface area contributed by atoms with Crippen LogP contribution in [0.5, 0.6) is 5.75 Å². The summed E-state index contributed by atoms with van der Waals surface area (Å²) in [7, 11) is 0. The molecule has 4 nitrogen and oxygen atoms in total. The summed E-state index contributed by atoms with van der Waals surface area (Å²) in [6.45, 7) is 0.340. The first-order valence-corrected chi connectivity index (χ1v) is 9.84. The first kappa shape index (κ1) is 17.8. The molecule has 1 aromatic heterocycles. The highest BCUT2D eigenvalue weighted by Gasteiger charge is 2.21. The van der Waals surface area contributed by atoms with Crippen molar-refractivity contribution < 1.29 is 9.57 Å². The normalized spacial score (nSPS) is 16.4. The van der Waals surface area contributed by atoms with Gasteiger partial charge in [0.05, 0.1) is 10.2 Å². The lowest BCUT2D eigenvalue weighted by molar-refractivity contribution is 0.0237. The van der Waals surface area contributed by atoms with Gasteiger partial charge in [0.15, 0.2) is 5.75 Å². The molecule has 0 fully saturated rings. The topological polar surface area (TPSA) is 43.4 Å². The molecule has 3 aromatic rings. The van der Waals surface area contributed by atoms with Gasteiger partial charge in [-0.15, -0.1) is 0 Å². The van der Waals surface area contributed by atoms with Crippen LogP contribution in [0.4, 0.5) is 0 Å². The molecule has 1 atom stereocenters. The molecular formula is C19H13Br2ClN2O2. The molecule has 1 aliphatic rings. The number of hydroxylamine groups is 1. The maximum atomic E-state index is 6.24. The second kappa shape index (κ2) is 7.56. The van der Waals surface area contributed by atoms with E-state index in [1.165, 1.54) is 0 Å². The van der Waals surface area contributed by atoms with Crippen molar-refractivity contribution in [2.75, 3.05) is 6.61 Å². The van der Waals surface area contributed by atoms with Crippen molar-refractivity contribution in [2.24, 2.45) is 0 Å². The molecule has 0 amide bonds. The summed E-state index contributed by atoms with van der Waals surface area (Å²) in [5.41, 5.74) is 5.44. The summed E-state index contributed by atoms with van der Waals surface area (Å²) in [4.78, 5) is 10.0. The standard InChI is InChI=1S/C19H13Br2ClN2O2/c20-14-9-15(21)19(18-12(14)5-3-7-23-18)25-10-11-8-17(24-26-11)13-4-1-2-6-16(13)22/h1-9,11,24H,10H2/t11-/m1/s1. The molecule has 2 heterocycles. The molecular weight excluding hydrogens is 483 g/mol. The second-order valence-corrected chi connectivity index (χ2v) is 7.81. The maximum Gasteiger partial charge on any atom is 0.159 e. The zero-order valence-corrected chi connectivity index (χ0v) is 17.3. The van der Waals surface area contributed by atoms with Crippen LogP contribution in [0.15, 0.2) is 63.7 Å². The van der Waals surface area contributed by atoms with Crippen LogP contribution in [0.25, 0.3) is 16.6 Å². The van der Waals surface area contributed by atoms with Crippen LogP contribution < -0.4 is 10.2 Å². The molecule has 0 spiro atoms. The fourth-order valence-corrected chi connectivity index (χ4v) is 4.37. The quantitative estimate of drug-likeness (QED) is 0.501. The van der Waals surface area contributed by atoms with E-state index in [-0.39, 0.29) is 6.10 Å². The number of nitrogens with one attached hydrogen (secondary N) is 1. The number of benzene rings is 2. The molecule has 1 aliphatic heterocycles. The molecule has 0 bridgehead atoms. The minimum Gasteiger partial charge on any atom is -0.487 e. The molecule has 26 heavy (non-hydrogen) atoms. The number of ether oxygens (including phenoxy) is 1. The van der Waals surface area contributed by atoms with Gasteiger partial charge in [0.2, 0.25) is 0 Å². The van der Waals surface area contributed by atoms with Gasteiger partial charge in [-0.3, -0.25) is 15.3 Å². The first-order valence-electron chi connectivity index (χ1n) is 7.87. The number of halogens is 3. The van der Waals surface area contributed by atoms with Crippen molar-refractivity contribution in [3.05, 3.63) is 74.3 Å². The number of nitrogens with zero attached hydrogens (tertiary/aromatic N) is 1. The predicted octanol–water partition coefficient (Wildman–Crippen LogP) is 5.74. The van der Waals surface area contributed by atoms with E-state index in [1.54, 1.807) is 6.20 Å². The Morgan fingerprint density at radius 2 is 2.00 bits per heavy atom. The van der Waals surface area contributed by atoms with E-state index < -0.39 is 0 Å². The van der Waals surface area contributed by atoms with E-state index in [1.807, 2.05) is 48.5 Å². The van der Waals surface area contributed by atoms with Gasteiger partial charge in [-0.05, 0) is 40.2 Å². The molecule has 0 saturated carbocycles. The highest BCUT2D eigenvalue weighted by atomic mass is 79.9. The monoisotopic (exact) mass is 494 g/mol. The molecule has 0 aliphatic carbocycles. The van der Waals surface area contributed by atoms with Crippen LogP contribution >= 0.6 is 43.5 Å². The van der Waals surface area contributed by atoms with Gasteiger partial charge in [-0.2, -0.15) is 0 Å². The highest BCUT2D eigenvalue weighted by Crippen LogP contribution is 2.37. The van der Waals surface area contributed by atoms with Gasteiger partial charge >= 0.3 is 0 Å². The Labute approximate surface area is 172 Å². The predicted molar refractivity (Wildman–Crippen MR) is 110 cm³/mol. The Morgan fingerprint density at radius 1 is 1.15 bits per heavy atom. The molecule has 0 radical (unpaired) electrons. The molecule has 0 unspecified atom stereocenters. The SMILES string of the molecule is Clc1ccccc1C1=C[C@H](COc2c(Br)cc(Br)c3cccnc23)ON1. The number of pyridine rings is 1. The van der Waals surface area contributed by atoms with E-state index in [2.05, 4.69) is 42.3 Å². The average molecular weight is 497 g/mol. The largest absolute Gasteiger partial charge is 0.487 e. The summed E-state index contributed by atoms with van der Waals surface area (Å²) >= 11 is 13.3. The Hall–Kier alpha value is -1.60. The van der Waals surface area contributed by atoms with E-state index in [4.69, 9.17) is 21.2 Å². The third-order valence-corrected chi connectivity index (χ3v) is 5.55. The van der Waals surface area contributed by atoms with Crippen LogP contribution in [0, 0.1) is 0 Å². The maximum absolute atomic E-state index is 6.24. The first-order chi connectivity index (χ1) is 12.6. The summed E-state index contributed by atoms with van der Waals surface area (Å²) in [6, 6.07) is 13.5. The van der Waals surface area contributed by atoms with Gasteiger partial charge < -0.3 is 4.74 Å². The van der Waals surface area contributed by atoms with Crippen LogP contribution in [0.1, 0.15) is 5.56 Å². The van der Waals surface area contributed by atoms with E-state index in [0.717, 1.165) is 31.1 Å². The molecule has 0 saturated heterocycles. The molecule has 132 valence electrons. The number of hydrogen-bond donors (Lipinski definition) is 1. The van der Waals surface area contributed by atoms with Gasteiger partial charge in [-0.1, -0.05) is 51.8 Å². The summed E-state index contributed by atoms with van der Waals surface area (Å²) in [5, 5.41) is 1.66. The lowest BCUT2D eigenvalue weighted by Gasteiger charge is -2.14. The number of hydrogen-bond acceptors (Lipinski definition) is 4. The van der Waals surface area contributed by atoms with Crippen molar-refractivity contribution in [3.63, 3.8) is 0 Å². The van der Waals surface area contributed by atoms with Crippen molar-refractivity contribution in [2.45, 2.75) is 6.10 Å². The third-order valence-electron chi connectivity index (χ3n) is 3.98. The Kier molecular flexibility index (Phi) is 5.18. The fourth-order valence-electron chi connectivity index (χ4n) is 2.75. The van der Waals surface area contributed by atoms with Crippen molar-refractivity contribution in [1.82, 2.24) is 10.5 Å². The van der Waals surface area contributed by atoms with Crippen molar-refractivity contribution >= 4 is 60.1 Å².